The molecule has 8 heteroatoms. The normalized spacial score (nSPS) is 14.0. The summed E-state index contributed by atoms with van der Waals surface area (Å²) in [5.41, 5.74) is 2.75. The number of carbonyl (C=O) groups is 1. The SMILES string of the molecule is COc1cc2ncnc(N3CCN(C(=O)Nc4ccc(C)cc4)CC3)c2cc1OC. The van der Waals surface area contributed by atoms with Crippen molar-refractivity contribution < 1.29 is 14.3 Å². The summed E-state index contributed by atoms with van der Waals surface area (Å²) in [5.74, 6) is 2.10. The number of fused-ring (bicyclic) bond motifs is 1. The Morgan fingerprint density at radius 3 is 2.30 bits per heavy atom. The third-order valence-electron chi connectivity index (χ3n) is 5.29. The monoisotopic (exact) mass is 407 g/mol. The second-order valence-electron chi connectivity index (χ2n) is 7.19. The van der Waals surface area contributed by atoms with Crippen molar-refractivity contribution in [3.05, 3.63) is 48.3 Å². The number of amides is 2. The molecule has 1 aliphatic rings. The Labute approximate surface area is 175 Å². The van der Waals surface area contributed by atoms with Crippen molar-refractivity contribution >= 4 is 28.4 Å². The fourth-order valence-electron chi connectivity index (χ4n) is 3.58. The predicted molar refractivity (Wildman–Crippen MR) is 117 cm³/mol. The maximum Gasteiger partial charge on any atom is 0.321 e. The number of urea groups is 1. The van der Waals surface area contributed by atoms with Crippen LogP contribution in [-0.4, -0.2) is 61.3 Å². The molecule has 4 rings (SSSR count). The maximum absolute atomic E-state index is 12.6. The molecule has 2 amide bonds. The van der Waals surface area contributed by atoms with E-state index in [9.17, 15) is 4.79 Å². The van der Waals surface area contributed by atoms with Crippen LogP contribution in [0.2, 0.25) is 0 Å². The number of hydrogen-bond acceptors (Lipinski definition) is 6. The maximum atomic E-state index is 12.6. The number of rotatable bonds is 4. The van der Waals surface area contributed by atoms with Gasteiger partial charge < -0.3 is 24.6 Å². The van der Waals surface area contributed by atoms with Gasteiger partial charge in [-0.25, -0.2) is 14.8 Å². The molecule has 0 radical (unpaired) electrons. The fourth-order valence-corrected chi connectivity index (χ4v) is 3.58. The number of aryl methyl sites for hydroxylation is 1. The number of methoxy groups -OCH3 is 2. The van der Waals surface area contributed by atoms with E-state index in [0.717, 1.165) is 28.0 Å². The van der Waals surface area contributed by atoms with E-state index >= 15 is 0 Å². The Kier molecular flexibility index (Phi) is 5.56. The summed E-state index contributed by atoms with van der Waals surface area (Å²) in [4.78, 5) is 25.5. The van der Waals surface area contributed by atoms with Gasteiger partial charge in [0.05, 0.1) is 19.7 Å². The highest BCUT2D eigenvalue weighted by Gasteiger charge is 2.24. The van der Waals surface area contributed by atoms with E-state index in [1.807, 2.05) is 48.2 Å². The van der Waals surface area contributed by atoms with Gasteiger partial charge in [-0.15, -0.1) is 0 Å². The summed E-state index contributed by atoms with van der Waals surface area (Å²) in [6.07, 6.45) is 1.56. The van der Waals surface area contributed by atoms with Gasteiger partial charge in [0, 0.05) is 43.3 Å². The summed E-state index contributed by atoms with van der Waals surface area (Å²) in [6.45, 7) is 4.60. The second-order valence-corrected chi connectivity index (χ2v) is 7.19. The van der Waals surface area contributed by atoms with Crippen molar-refractivity contribution in [3.8, 4) is 11.5 Å². The molecule has 1 aromatic heterocycles. The molecule has 0 unspecified atom stereocenters. The van der Waals surface area contributed by atoms with Crippen molar-refractivity contribution in [2.45, 2.75) is 6.92 Å². The second kappa shape index (κ2) is 8.44. The predicted octanol–water partition coefficient (Wildman–Crippen LogP) is 3.31. The molecule has 0 aliphatic carbocycles. The summed E-state index contributed by atoms with van der Waals surface area (Å²) in [7, 11) is 3.21. The smallest absolute Gasteiger partial charge is 0.321 e. The molecule has 0 saturated carbocycles. The van der Waals surface area contributed by atoms with E-state index in [-0.39, 0.29) is 6.03 Å². The van der Waals surface area contributed by atoms with Gasteiger partial charge in [0.2, 0.25) is 0 Å². The molecule has 8 nitrogen and oxygen atoms in total. The van der Waals surface area contributed by atoms with Gasteiger partial charge >= 0.3 is 6.03 Å². The van der Waals surface area contributed by atoms with E-state index < -0.39 is 0 Å². The lowest BCUT2D eigenvalue weighted by Gasteiger charge is -2.35. The fraction of sp³-hybridized carbons (Fsp3) is 0.318. The van der Waals surface area contributed by atoms with E-state index in [0.29, 0.717) is 37.7 Å². The Morgan fingerprint density at radius 1 is 0.967 bits per heavy atom. The highest BCUT2D eigenvalue weighted by Crippen LogP contribution is 2.34. The lowest BCUT2D eigenvalue weighted by molar-refractivity contribution is 0.208. The molecule has 1 aliphatic heterocycles. The van der Waals surface area contributed by atoms with Gasteiger partial charge in [-0.3, -0.25) is 0 Å². The molecule has 1 saturated heterocycles. The van der Waals surface area contributed by atoms with Crippen LogP contribution >= 0.6 is 0 Å². The number of nitrogens with zero attached hydrogens (tertiary/aromatic N) is 4. The lowest BCUT2D eigenvalue weighted by atomic mass is 10.2. The number of benzene rings is 2. The summed E-state index contributed by atoms with van der Waals surface area (Å²) in [5, 5.41) is 3.86. The van der Waals surface area contributed by atoms with Crippen LogP contribution in [0.25, 0.3) is 10.9 Å². The standard InChI is InChI=1S/C22H25N5O3/c1-15-4-6-16(7-5-15)25-22(28)27-10-8-26(9-11-27)21-17-12-19(29-2)20(30-3)13-18(17)23-14-24-21/h4-7,12-14H,8-11H2,1-3H3,(H,25,28). The van der Waals surface area contributed by atoms with Crippen LogP contribution in [-0.2, 0) is 0 Å². The molecule has 3 aromatic rings. The topological polar surface area (TPSA) is 79.8 Å². The Hall–Kier alpha value is -3.55. The first kappa shape index (κ1) is 19.8. The molecule has 1 N–H and O–H groups in total. The van der Waals surface area contributed by atoms with Crippen molar-refractivity contribution in [2.24, 2.45) is 0 Å². The van der Waals surface area contributed by atoms with Crippen LogP contribution in [0.15, 0.2) is 42.7 Å². The molecule has 2 aromatic carbocycles. The Bertz CT molecular complexity index is 1050. The van der Waals surface area contributed by atoms with Gasteiger partial charge in [-0.1, -0.05) is 17.7 Å². The molecular formula is C22H25N5O3. The van der Waals surface area contributed by atoms with Crippen molar-refractivity contribution in [1.82, 2.24) is 14.9 Å². The highest BCUT2D eigenvalue weighted by molar-refractivity contribution is 5.92. The van der Waals surface area contributed by atoms with Gasteiger partial charge in [-0.05, 0) is 25.1 Å². The van der Waals surface area contributed by atoms with Crippen molar-refractivity contribution in [3.63, 3.8) is 0 Å². The van der Waals surface area contributed by atoms with Crippen molar-refractivity contribution in [2.75, 3.05) is 50.6 Å². The lowest BCUT2D eigenvalue weighted by Crippen LogP contribution is -2.50. The number of anilines is 2. The van der Waals surface area contributed by atoms with Gasteiger partial charge in [0.15, 0.2) is 11.5 Å². The number of ether oxygens (including phenoxy) is 2. The first-order valence-corrected chi connectivity index (χ1v) is 9.83. The Balaban J connectivity index is 1.48. The number of nitrogens with one attached hydrogen (secondary N) is 1. The van der Waals surface area contributed by atoms with Crippen LogP contribution in [0.3, 0.4) is 0 Å². The number of aromatic nitrogens is 2. The average molecular weight is 407 g/mol. The van der Waals surface area contributed by atoms with Crippen LogP contribution < -0.4 is 19.7 Å². The number of piperazine rings is 1. The molecule has 0 atom stereocenters. The first-order chi connectivity index (χ1) is 14.6. The summed E-state index contributed by atoms with van der Waals surface area (Å²) in [6, 6.07) is 11.5. The largest absolute Gasteiger partial charge is 0.493 e. The van der Waals surface area contributed by atoms with Crippen molar-refractivity contribution in [1.29, 1.82) is 0 Å². The van der Waals surface area contributed by atoms with Gasteiger partial charge in [0.25, 0.3) is 0 Å². The number of hydrogen-bond donors (Lipinski definition) is 1. The van der Waals surface area contributed by atoms with Crippen LogP contribution in [0.1, 0.15) is 5.56 Å². The van der Waals surface area contributed by atoms with E-state index in [1.165, 1.54) is 0 Å². The minimum Gasteiger partial charge on any atom is -0.493 e. The first-order valence-electron chi connectivity index (χ1n) is 9.83. The minimum absolute atomic E-state index is 0.0857. The van der Waals surface area contributed by atoms with Gasteiger partial charge in [-0.2, -0.15) is 0 Å². The van der Waals surface area contributed by atoms with E-state index in [1.54, 1.807) is 20.5 Å². The van der Waals surface area contributed by atoms with Crippen LogP contribution in [0.5, 0.6) is 11.5 Å². The van der Waals surface area contributed by atoms with E-state index in [4.69, 9.17) is 9.47 Å². The minimum atomic E-state index is -0.0857. The van der Waals surface area contributed by atoms with Crippen LogP contribution in [0.4, 0.5) is 16.3 Å². The average Bonchev–Trinajstić information content (AvgIpc) is 2.79. The molecule has 1 fully saturated rings. The summed E-state index contributed by atoms with van der Waals surface area (Å²) >= 11 is 0. The zero-order chi connectivity index (χ0) is 21.1. The molecular weight excluding hydrogens is 382 g/mol. The highest BCUT2D eigenvalue weighted by atomic mass is 16.5. The molecule has 0 bridgehead atoms. The molecule has 156 valence electrons. The Morgan fingerprint density at radius 2 is 1.63 bits per heavy atom. The number of carbonyl (C=O) groups excluding carboxylic acids is 1. The van der Waals surface area contributed by atoms with Crippen LogP contribution in [0, 0.1) is 6.92 Å². The summed E-state index contributed by atoms with van der Waals surface area (Å²) < 4.78 is 10.8. The zero-order valence-electron chi connectivity index (χ0n) is 17.4. The third-order valence-corrected chi connectivity index (χ3v) is 5.29. The third kappa shape index (κ3) is 3.94. The molecule has 2 heterocycles. The van der Waals surface area contributed by atoms with Gasteiger partial charge in [0.1, 0.15) is 12.1 Å². The quantitative estimate of drug-likeness (QED) is 0.715. The molecule has 30 heavy (non-hydrogen) atoms. The zero-order valence-corrected chi connectivity index (χ0v) is 17.4. The van der Waals surface area contributed by atoms with E-state index in [2.05, 4.69) is 20.2 Å². The molecule has 0 spiro atoms.